The second kappa shape index (κ2) is 4.02. The van der Waals surface area contributed by atoms with Crippen LogP contribution in [0.1, 0.15) is 25.2 Å². The van der Waals surface area contributed by atoms with E-state index in [-0.39, 0.29) is 17.4 Å². The standard InChI is InChI=1S/C13H13F3O2/c1-12(2,17)7-8-6-9-10(13(14,15)16)4-3-5-11(9)18-8/h3-6,17H,7H2,1-2H3. The zero-order valence-electron chi connectivity index (χ0n) is 10.0. The van der Waals surface area contributed by atoms with Gasteiger partial charge in [-0.25, -0.2) is 0 Å². The number of hydrogen-bond acceptors (Lipinski definition) is 2. The molecule has 2 rings (SSSR count). The molecule has 1 N–H and O–H groups in total. The Bertz CT molecular complexity index is 562. The number of aliphatic hydroxyl groups is 1. The van der Waals surface area contributed by atoms with Crippen molar-refractivity contribution in [1.29, 1.82) is 0 Å². The average Bonchev–Trinajstić information content (AvgIpc) is 2.53. The molecule has 2 nitrogen and oxygen atoms in total. The molecule has 0 radical (unpaired) electrons. The smallest absolute Gasteiger partial charge is 0.417 e. The predicted molar refractivity (Wildman–Crippen MR) is 61.2 cm³/mol. The van der Waals surface area contributed by atoms with E-state index in [2.05, 4.69) is 0 Å². The summed E-state index contributed by atoms with van der Waals surface area (Å²) in [5, 5.41) is 9.67. The van der Waals surface area contributed by atoms with Crippen molar-refractivity contribution in [3.8, 4) is 0 Å². The summed E-state index contributed by atoms with van der Waals surface area (Å²) in [5.74, 6) is 0.342. The maximum atomic E-state index is 12.8. The molecule has 1 aromatic heterocycles. The molecule has 0 amide bonds. The van der Waals surface area contributed by atoms with Gasteiger partial charge in [0.05, 0.1) is 11.2 Å². The van der Waals surface area contributed by atoms with Gasteiger partial charge in [0.1, 0.15) is 11.3 Å². The molecule has 18 heavy (non-hydrogen) atoms. The number of furan rings is 1. The van der Waals surface area contributed by atoms with Crippen molar-refractivity contribution in [3.63, 3.8) is 0 Å². The summed E-state index contributed by atoms with van der Waals surface area (Å²) in [5.41, 5.74) is -1.55. The normalized spacial score (nSPS) is 13.2. The Morgan fingerprint density at radius 1 is 1.22 bits per heavy atom. The van der Waals surface area contributed by atoms with E-state index >= 15 is 0 Å². The van der Waals surface area contributed by atoms with Crippen molar-refractivity contribution in [2.24, 2.45) is 0 Å². The zero-order chi connectivity index (χ0) is 13.6. The molecule has 0 aliphatic carbocycles. The summed E-state index contributed by atoms with van der Waals surface area (Å²) in [4.78, 5) is 0. The molecule has 0 atom stereocenters. The van der Waals surface area contributed by atoms with Crippen molar-refractivity contribution >= 4 is 11.0 Å². The lowest BCUT2D eigenvalue weighted by Crippen LogP contribution is -2.21. The Morgan fingerprint density at radius 2 is 1.89 bits per heavy atom. The molecule has 5 heteroatoms. The van der Waals surface area contributed by atoms with Gasteiger partial charge in [-0.1, -0.05) is 6.07 Å². The van der Waals surface area contributed by atoms with Gasteiger partial charge in [0.25, 0.3) is 0 Å². The van der Waals surface area contributed by atoms with Gasteiger partial charge in [-0.2, -0.15) is 13.2 Å². The fraction of sp³-hybridized carbons (Fsp3) is 0.385. The highest BCUT2D eigenvalue weighted by Gasteiger charge is 2.33. The molecular formula is C13H13F3O2. The van der Waals surface area contributed by atoms with Crippen LogP contribution in [0.5, 0.6) is 0 Å². The predicted octanol–water partition coefficient (Wildman–Crippen LogP) is 3.77. The lowest BCUT2D eigenvalue weighted by atomic mass is 10.0. The highest BCUT2D eigenvalue weighted by atomic mass is 19.4. The SMILES string of the molecule is CC(C)(O)Cc1cc2c(C(F)(F)F)cccc2o1. The maximum Gasteiger partial charge on any atom is 0.417 e. The number of halogens is 3. The number of fused-ring (bicyclic) bond motifs is 1. The Morgan fingerprint density at radius 3 is 2.44 bits per heavy atom. The Hall–Kier alpha value is -1.49. The van der Waals surface area contributed by atoms with Crippen molar-refractivity contribution in [1.82, 2.24) is 0 Å². The van der Waals surface area contributed by atoms with E-state index in [9.17, 15) is 18.3 Å². The first kappa shape index (κ1) is 13.0. The lowest BCUT2D eigenvalue weighted by molar-refractivity contribution is -0.136. The molecule has 0 saturated carbocycles. The topological polar surface area (TPSA) is 33.4 Å². The molecule has 1 aromatic carbocycles. The van der Waals surface area contributed by atoms with Gasteiger partial charge in [-0.3, -0.25) is 0 Å². The van der Waals surface area contributed by atoms with Crippen LogP contribution in [0.3, 0.4) is 0 Å². The third-order valence-electron chi connectivity index (χ3n) is 2.52. The first-order valence-electron chi connectivity index (χ1n) is 5.48. The van der Waals surface area contributed by atoms with Crippen LogP contribution >= 0.6 is 0 Å². The van der Waals surface area contributed by atoms with Crippen LogP contribution in [-0.4, -0.2) is 10.7 Å². The van der Waals surface area contributed by atoms with Gasteiger partial charge in [-0.15, -0.1) is 0 Å². The molecule has 0 aliphatic rings. The van der Waals surface area contributed by atoms with E-state index in [1.54, 1.807) is 13.8 Å². The van der Waals surface area contributed by atoms with Crippen LogP contribution in [0.2, 0.25) is 0 Å². The quantitative estimate of drug-likeness (QED) is 0.889. The number of rotatable bonds is 2. The lowest BCUT2D eigenvalue weighted by Gasteiger charge is -2.14. The van der Waals surface area contributed by atoms with Gasteiger partial charge in [0, 0.05) is 11.8 Å². The molecule has 0 saturated heterocycles. The van der Waals surface area contributed by atoms with Crippen LogP contribution in [0.15, 0.2) is 28.7 Å². The van der Waals surface area contributed by atoms with Gasteiger partial charge in [0.2, 0.25) is 0 Å². The Balaban J connectivity index is 2.52. The van der Waals surface area contributed by atoms with Crippen molar-refractivity contribution in [3.05, 3.63) is 35.6 Å². The minimum atomic E-state index is -4.41. The Kier molecular flexibility index (Phi) is 2.89. The molecule has 0 spiro atoms. The van der Waals surface area contributed by atoms with E-state index in [1.807, 2.05) is 0 Å². The summed E-state index contributed by atoms with van der Waals surface area (Å²) >= 11 is 0. The van der Waals surface area contributed by atoms with Crippen LogP contribution in [0.4, 0.5) is 13.2 Å². The van der Waals surface area contributed by atoms with Crippen molar-refractivity contribution < 1.29 is 22.7 Å². The highest BCUT2D eigenvalue weighted by molar-refractivity contribution is 5.82. The molecule has 0 unspecified atom stereocenters. The summed E-state index contributed by atoms with van der Waals surface area (Å²) in [6.45, 7) is 3.15. The summed E-state index contributed by atoms with van der Waals surface area (Å²) in [7, 11) is 0. The first-order valence-corrected chi connectivity index (χ1v) is 5.48. The van der Waals surface area contributed by atoms with Crippen LogP contribution < -0.4 is 0 Å². The van der Waals surface area contributed by atoms with E-state index in [4.69, 9.17) is 4.42 Å². The summed E-state index contributed by atoms with van der Waals surface area (Å²) in [6, 6.07) is 5.16. The number of hydrogen-bond donors (Lipinski definition) is 1. The number of alkyl halides is 3. The molecular weight excluding hydrogens is 245 g/mol. The minimum Gasteiger partial charge on any atom is -0.461 e. The van der Waals surface area contributed by atoms with Gasteiger partial charge >= 0.3 is 6.18 Å². The Labute approximate surface area is 102 Å². The first-order chi connectivity index (χ1) is 8.17. The molecule has 0 aliphatic heterocycles. The van der Waals surface area contributed by atoms with Gasteiger partial charge < -0.3 is 9.52 Å². The molecule has 2 aromatic rings. The molecule has 0 bridgehead atoms. The average molecular weight is 258 g/mol. The molecule has 1 heterocycles. The fourth-order valence-electron chi connectivity index (χ4n) is 1.87. The van der Waals surface area contributed by atoms with Crippen LogP contribution in [0, 0.1) is 0 Å². The summed E-state index contributed by atoms with van der Waals surface area (Å²) < 4.78 is 43.6. The van der Waals surface area contributed by atoms with E-state index in [0.29, 0.717) is 5.76 Å². The van der Waals surface area contributed by atoms with E-state index in [1.165, 1.54) is 18.2 Å². The van der Waals surface area contributed by atoms with Crippen LogP contribution in [0.25, 0.3) is 11.0 Å². The number of benzene rings is 1. The maximum absolute atomic E-state index is 12.8. The summed E-state index contributed by atoms with van der Waals surface area (Å²) in [6.07, 6.45) is -4.24. The minimum absolute atomic E-state index is 0.0317. The second-order valence-corrected chi connectivity index (χ2v) is 4.92. The van der Waals surface area contributed by atoms with Crippen molar-refractivity contribution in [2.75, 3.05) is 0 Å². The van der Waals surface area contributed by atoms with Crippen molar-refractivity contribution in [2.45, 2.75) is 32.0 Å². The third-order valence-corrected chi connectivity index (χ3v) is 2.52. The largest absolute Gasteiger partial charge is 0.461 e. The highest BCUT2D eigenvalue weighted by Crippen LogP contribution is 2.36. The third kappa shape index (κ3) is 2.67. The van der Waals surface area contributed by atoms with E-state index < -0.39 is 17.3 Å². The molecule has 0 fully saturated rings. The zero-order valence-corrected chi connectivity index (χ0v) is 10.0. The fourth-order valence-corrected chi connectivity index (χ4v) is 1.87. The monoisotopic (exact) mass is 258 g/mol. The van der Waals surface area contributed by atoms with E-state index in [0.717, 1.165) is 6.07 Å². The molecule has 98 valence electrons. The van der Waals surface area contributed by atoms with Gasteiger partial charge in [-0.05, 0) is 32.0 Å². The van der Waals surface area contributed by atoms with Gasteiger partial charge in [0.15, 0.2) is 0 Å². The van der Waals surface area contributed by atoms with Crippen LogP contribution in [-0.2, 0) is 12.6 Å². The second-order valence-electron chi connectivity index (χ2n) is 4.92.